The van der Waals surface area contributed by atoms with Crippen molar-refractivity contribution in [2.24, 2.45) is 0 Å². The molecular formula is C16H15NO6. The monoisotopic (exact) mass is 317 g/mol. The molecule has 0 spiro atoms. The maximum atomic E-state index is 11.7. The van der Waals surface area contributed by atoms with E-state index in [0.717, 1.165) is 0 Å². The van der Waals surface area contributed by atoms with E-state index in [4.69, 9.17) is 14.2 Å². The summed E-state index contributed by atoms with van der Waals surface area (Å²) in [5.41, 5.74) is 0.231. The highest BCUT2D eigenvalue weighted by Crippen LogP contribution is 2.25. The first-order valence-corrected chi connectivity index (χ1v) is 6.75. The van der Waals surface area contributed by atoms with Crippen molar-refractivity contribution in [3.05, 3.63) is 64.2 Å². The average molecular weight is 317 g/mol. The Bertz CT molecular complexity index is 700. The number of carbonyl (C=O) groups is 1. The number of carbonyl (C=O) groups excluding carboxylic acids is 1. The molecule has 0 unspecified atom stereocenters. The first kappa shape index (κ1) is 16.3. The maximum absolute atomic E-state index is 11.7. The van der Waals surface area contributed by atoms with Gasteiger partial charge in [0.05, 0.1) is 17.6 Å². The Hall–Kier alpha value is -3.09. The minimum atomic E-state index is -0.631. The molecule has 0 aliphatic rings. The quantitative estimate of drug-likeness (QED) is 0.443. The van der Waals surface area contributed by atoms with Crippen molar-refractivity contribution in [3.63, 3.8) is 0 Å². The number of rotatable bonds is 7. The fourth-order valence-corrected chi connectivity index (χ4v) is 1.89. The van der Waals surface area contributed by atoms with Gasteiger partial charge in [-0.3, -0.25) is 10.1 Å². The average Bonchev–Trinajstić information content (AvgIpc) is 2.58. The topological polar surface area (TPSA) is 87.9 Å². The molecule has 120 valence electrons. The van der Waals surface area contributed by atoms with Crippen molar-refractivity contribution in [2.45, 2.75) is 6.61 Å². The standard InChI is InChI=1S/C16H15NO6/c1-21-14-8-4-5-9-15(14)22-11-16(18)23-10-12-6-2-3-7-13(12)17(19)20/h2-9H,10-11H2,1H3. The van der Waals surface area contributed by atoms with E-state index in [1.807, 2.05) is 0 Å². The van der Waals surface area contributed by atoms with Crippen LogP contribution < -0.4 is 9.47 Å². The summed E-state index contributed by atoms with van der Waals surface area (Å²) in [7, 11) is 1.50. The molecule has 0 aliphatic carbocycles. The Kier molecular flexibility index (Phi) is 5.51. The molecule has 0 fully saturated rings. The molecule has 2 aromatic rings. The molecule has 0 amide bonds. The summed E-state index contributed by atoms with van der Waals surface area (Å²) in [6.45, 7) is -0.508. The van der Waals surface area contributed by atoms with Crippen molar-refractivity contribution in [3.8, 4) is 11.5 Å². The highest BCUT2D eigenvalue weighted by Gasteiger charge is 2.14. The number of hydrogen-bond donors (Lipinski definition) is 0. The Labute approximate surface area is 132 Å². The second-order valence-corrected chi connectivity index (χ2v) is 4.49. The first-order valence-electron chi connectivity index (χ1n) is 6.75. The van der Waals surface area contributed by atoms with Crippen LogP contribution in [-0.4, -0.2) is 24.6 Å². The molecule has 0 N–H and O–H groups in total. The van der Waals surface area contributed by atoms with E-state index in [9.17, 15) is 14.9 Å². The van der Waals surface area contributed by atoms with Gasteiger partial charge in [0, 0.05) is 6.07 Å². The van der Waals surface area contributed by atoms with Gasteiger partial charge in [-0.2, -0.15) is 0 Å². The minimum absolute atomic E-state index is 0.0917. The number of ether oxygens (including phenoxy) is 3. The van der Waals surface area contributed by atoms with Crippen LogP contribution in [0, 0.1) is 10.1 Å². The lowest BCUT2D eigenvalue weighted by Crippen LogP contribution is -2.15. The number of nitro benzene ring substituents is 1. The second-order valence-electron chi connectivity index (χ2n) is 4.49. The van der Waals surface area contributed by atoms with Gasteiger partial charge in [0.15, 0.2) is 18.1 Å². The molecule has 0 aromatic heterocycles. The van der Waals surface area contributed by atoms with Crippen molar-refractivity contribution >= 4 is 11.7 Å². The van der Waals surface area contributed by atoms with Crippen LogP contribution >= 0.6 is 0 Å². The minimum Gasteiger partial charge on any atom is -0.493 e. The van der Waals surface area contributed by atoms with E-state index in [2.05, 4.69) is 0 Å². The van der Waals surface area contributed by atoms with Crippen LogP contribution in [0.1, 0.15) is 5.56 Å². The number of nitro groups is 1. The normalized spacial score (nSPS) is 9.96. The van der Waals surface area contributed by atoms with E-state index in [-0.39, 0.29) is 18.9 Å². The molecule has 7 nitrogen and oxygen atoms in total. The van der Waals surface area contributed by atoms with Crippen LogP contribution in [0.25, 0.3) is 0 Å². The van der Waals surface area contributed by atoms with Crippen LogP contribution in [0.15, 0.2) is 48.5 Å². The van der Waals surface area contributed by atoms with Gasteiger partial charge in [0.25, 0.3) is 5.69 Å². The molecule has 2 aromatic carbocycles. The molecule has 2 rings (SSSR count). The fourth-order valence-electron chi connectivity index (χ4n) is 1.89. The van der Waals surface area contributed by atoms with Crippen LogP contribution in [0.5, 0.6) is 11.5 Å². The van der Waals surface area contributed by atoms with Gasteiger partial charge in [0.1, 0.15) is 6.61 Å². The summed E-state index contributed by atoms with van der Waals surface area (Å²) in [6, 6.07) is 13.0. The molecule has 0 saturated carbocycles. The van der Waals surface area contributed by atoms with E-state index < -0.39 is 10.9 Å². The van der Waals surface area contributed by atoms with Gasteiger partial charge in [-0.1, -0.05) is 24.3 Å². The summed E-state index contributed by atoms with van der Waals surface area (Å²) in [5, 5.41) is 10.9. The van der Waals surface area contributed by atoms with Gasteiger partial charge < -0.3 is 14.2 Å². The van der Waals surface area contributed by atoms with E-state index in [1.165, 1.54) is 19.2 Å². The molecule has 0 aliphatic heterocycles. The zero-order valence-electron chi connectivity index (χ0n) is 12.4. The van der Waals surface area contributed by atoms with E-state index >= 15 is 0 Å². The number of hydrogen-bond acceptors (Lipinski definition) is 6. The molecule has 7 heteroatoms. The van der Waals surface area contributed by atoms with Crippen molar-refractivity contribution in [1.82, 2.24) is 0 Å². The molecule has 0 heterocycles. The number of benzene rings is 2. The third-order valence-electron chi connectivity index (χ3n) is 2.99. The Morgan fingerprint density at radius 2 is 1.74 bits per heavy atom. The van der Waals surface area contributed by atoms with Crippen LogP contribution in [0.2, 0.25) is 0 Å². The number of methoxy groups -OCH3 is 1. The van der Waals surface area contributed by atoms with E-state index in [1.54, 1.807) is 36.4 Å². The van der Waals surface area contributed by atoms with Crippen molar-refractivity contribution < 1.29 is 23.9 Å². The zero-order valence-corrected chi connectivity index (χ0v) is 12.4. The Morgan fingerprint density at radius 1 is 1.09 bits per heavy atom. The summed E-state index contributed by atoms with van der Waals surface area (Å²) in [4.78, 5) is 22.1. The third-order valence-corrected chi connectivity index (χ3v) is 2.99. The fraction of sp³-hybridized carbons (Fsp3) is 0.188. The lowest BCUT2D eigenvalue weighted by molar-refractivity contribution is -0.385. The Balaban J connectivity index is 1.90. The number of nitrogens with zero attached hydrogens (tertiary/aromatic N) is 1. The van der Waals surface area contributed by atoms with Crippen LogP contribution in [0.3, 0.4) is 0 Å². The molecule has 23 heavy (non-hydrogen) atoms. The first-order chi connectivity index (χ1) is 11.1. The molecular weight excluding hydrogens is 302 g/mol. The Morgan fingerprint density at radius 3 is 2.43 bits per heavy atom. The summed E-state index contributed by atoms with van der Waals surface area (Å²) < 4.78 is 15.4. The highest BCUT2D eigenvalue weighted by molar-refractivity contribution is 5.71. The lowest BCUT2D eigenvalue weighted by atomic mass is 10.2. The summed E-state index contributed by atoms with van der Waals surface area (Å²) in [6.07, 6.45) is 0. The predicted molar refractivity (Wildman–Crippen MR) is 81.4 cm³/mol. The SMILES string of the molecule is COc1ccccc1OCC(=O)OCc1ccccc1[N+](=O)[O-]. The highest BCUT2D eigenvalue weighted by atomic mass is 16.6. The van der Waals surface area contributed by atoms with Gasteiger partial charge in [0.2, 0.25) is 0 Å². The third kappa shape index (κ3) is 4.44. The summed E-state index contributed by atoms with van der Waals surface area (Å²) in [5.74, 6) is 0.283. The molecule has 0 atom stereocenters. The van der Waals surface area contributed by atoms with Crippen molar-refractivity contribution in [2.75, 3.05) is 13.7 Å². The van der Waals surface area contributed by atoms with Crippen molar-refractivity contribution in [1.29, 1.82) is 0 Å². The molecule has 0 bridgehead atoms. The zero-order chi connectivity index (χ0) is 16.7. The van der Waals surface area contributed by atoms with Gasteiger partial charge >= 0.3 is 5.97 Å². The maximum Gasteiger partial charge on any atom is 0.344 e. The van der Waals surface area contributed by atoms with Gasteiger partial charge in [-0.15, -0.1) is 0 Å². The number of para-hydroxylation sites is 3. The number of esters is 1. The van der Waals surface area contributed by atoms with E-state index in [0.29, 0.717) is 17.1 Å². The molecule has 0 saturated heterocycles. The second kappa shape index (κ2) is 7.79. The smallest absolute Gasteiger partial charge is 0.344 e. The van der Waals surface area contributed by atoms with Gasteiger partial charge in [-0.05, 0) is 18.2 Å². The molecule has 0 radical (unpaired) electrons. The van der Waals surface area contributed by atoms with Crippen LogP contribution in [-0.2, 0) is 16.1 Å². The largest absolute Gasteiger partial charge is 0.493 e. The predicted octanol–water partition coefficient (Wildman–Crippen LogP) is 2.73. The summed E-state index contributed by atoms with van der Waals surface area (Å²) >= 11 is 0. The van der Waals surface area contributed by atoms with Crippen LogP contribution in [0.4, 0.5) is 5.69 Å². The van der Waals surface area contributed by atoms with Gasteiger partial charge in [-0.25, -0.2) is 4.79 Å². The lowest BCUT2D eigenvalue weighted by Gasteiger charge is -2.10.